The number of amides is 1. The van der Waals surface area contributed by atoms with Crippen LogP contribution in [0.2, 0.25) is 0 Å². The van der Waals surface area contributed by atoms with E-state index in [-0.39, 0.29) is 30.7 Å². The molecule has 0 radical (unpaired) electrons. The van der Waals surface area contributed by atoms with Gasteiger partial charge in [-0.05, 0) is 31.9 Å². The van der Waals surface area contributed by atoms with Gasteiger partial charge in [0, 0.05) is 18.0 Å². The number of nitrogens with zero attached hydrogens (tertiary/aromatic N) is 1. The van der Waals surface area contributed by atoms with Gasteiger partial charge in [0.15, 0.2) is 5.78 Å². The number of carbonyl (C=O) groups is 2. The second kappa shape index (κ2) is 7.12. The van der Waals surface area contributed by atoms with E-state index in [1.165, 1.54) is 11.2 Å². The number of rotatable bonds is 7. The first kappa shape index (κ1) is 17.5. The van der Waals surface area contributed by atoms with E-state index in [0.29, 0.717) is 11.3 Å². The lowest BCUT2D eigenvalue weighted by Crippen LogP contribution is -2.41. The van der Waals surface area contributed by atoms with Gasteiger partial charge in [-0.25, -0.2) is 8.42 Å². The Balaban J connectivity index is 2.07. The molecule has 0 unspecified atom stereocenters. The summed E-state index contributed by atoms with van der Waals surface area (Å²) in [5.41, 5.74) is 0.882. The van der Waals surface area contributed by atoms with Crippen LogP contribution in [0.25, 0.3) is 0 Å². The average molecular weight is 338 g/mol. The van der Waals surface area contributed by atoms with Crippen LogP contribution >= 0.6 is 0 Å². The van der Waals surface area contributed by atoms with Crippen molar-refractivity contribution in [1.29, 1.82) is 0 Å². The molecule has 0 aliphatic heterocycles. The third-order valence-corrected chi connectivity index (χ3v) is 5.23. The SMILES string of the molecule is CC(=O)c1cccc(N(CCNC(=O)C2CCC2)S(C)(=O)=O)c1. The number of sulfonamides is 1. The highest BCUT2D eigenvalue weighted by molar-refractivity contribution is 7.92. The molecule has 0 aromatic heterocycles. The summed E-state index contributed by atoms with van der Waals surface area (Å²) in [5, 5.41) is 2.78. The number of carbonyl (C=O) groups excluding carboxylic acids is 2. The minimum atomic E-state index is -3.50. The molecule has 1 amide bonds. The first-order valence-corrected chi connectivity index (χ1v) is 9.50. The van der Waals surface area contributed by atoms with Crippen molar-refractivity contribution in [2.75, 3.05) is 23.7 Å². The van der Waals surface area contributed by atoms with Gasteiger partial charge in [0.05, 0.1) is 18.5 Å². The Labute approximate surface area is 136 Å². The van der Waals surface area contributed by atoms with Crippen LogP contribution in [0.1, 0.15) is 36.5 Å². The highest BCUT2D eigenvalue weighted by atomic mass is 32.2. The summed E-state index contributed by atoms with van der Waals surface area (Å²) in [6.07, 6.45) is 4.00. The Bertz CT molecular complexity index is 696. The van der Waals surface area contributed by atoms with Crippen molar-refractivity contribution in [3.63, 3.8) is 0 Å². The molecule has 0 spiro atoms. The van der Waals surface area contributed by atoms with Crippen LogP contribution in [0.3, 0.4) is 0 Å². The Morgan fingerprint density at radius 2 is 2.00 bits per heavy atom. The fraction of sp³-hybridized carbons (Fsp3) is 0.500. The van der Waals surface area contributed by atoms with E-state index >= 15 is 0 Å². The van der Waals surface area contributed by atoms with Crippen LogP contribution in [0.4, 0.5) is 5.69 Å². The summed E-state index contributed by atoms with van der Waals surface area (Å²) in [4.78, 5) is 23.3. The van der Waals surface area contributed by atoms with Crippen molar-refractivity contribution in [2.24, 2.45) is 5.92 Å². The van der Waals surface area contributed by atoms with Crippen LogP contribution in [0, 0.1) is 5.92 Å². The minimum absolute atomic E-state index is 0.0119. The zero-order valence-electron chi connectivity index (χ0n) is 13.4. The van der Waals surface area contributed by atoms with E-state index in [0.717, 1.165) is 25.5 Å². The molecular weight excluding hydrogens is 316 g/mol. The number of benzene rings is 1. The average Bonchev–Trinajstić information content (AvgIpc) is 2.40. The molecule has 1 aliphatic carbocycles. The molecule has 0 saturated heterocycles. The van der Waals surface area contributed by atoms with Crippen LogP contribution in [0.15, 0.2) is 24.3 Å². The molecular formula is C16H22N2O4S. The van der Waals surface area contributed by atoms with Gasteiger partial charge < -0.3 is 5.32 Å². The monoisotopic (exact) mass is 338 g/mol. The Morgan fingerprint density at radius 3 is 2.52 bits per heavy atom. The first-order valence-electron chi connectivity index (χ1n) is 7.65. The third kappa shape index (κ3) is 4.54. The molecule has 1 fully saturated rings. The van der Waals surface area contributed by atoms with Crippen LogP contribution < -0.4 is 9.62 Å². The summed E-state index contributed by atoms with van der Waals surface area (Å²) in [7, 11) is -3.50. The maximum absolute atomic E-state index is 12.0. The molecule has 1 N–H and O–H groups in total. The maximum Gasteiger partial charge on any atom is 0.232 e. The smallest absolute Gasteiger partial charge is 0.232 e. The number of hydrogen-bond acceptors (Lipinski definition) is 4. The molecule has 0 heterocycles. The molecule has 0 atom stereocenters. The molecule has 1 aliphatic rings. The quantitative estimate of drug-likeness (QED) is 0.765. The molecule has 2 rings (SSSR count). The number of Topliss-reactive ketones (excluding diaryl/α,β-unsaturated/α-hetero) is 1. The number of ketones is 1. The summed E-state index contributed by atoms with van der Waals surface area (Å²) in [5.74, 6) is -0.0662. The van der Waals surface area contributed by atoms with Crippen molar-refractivity contribution in [3.8, 4) is 0 Å². The fourth-order valence-electron chi connectivity index (χ4n) is 2.46. The Kier molecular flexibility index (Phi) is 5.41. The van der Waals surface area contributed by atoms with E-state index in [4.69, 9.17) is 0 Å². The van der Waals surface area contributed by atoms with Gasteiger partial charge in [-0.1, -0.05) is 18.6 Å². The molecule has 7 heteroatoms. The van der Waals surface area contributed by atoms with Crippen molar-refractivity contribution in [2.45, 2.75) is 26.2 Å². The van der Waals surface area contributed by atoms with E-state index in [1.807, 2.05) is 0 Å². The van der Waals surface area contributed by atoms with E-state index < -0.39 is 10.0 Å². The molecule has 126 valence electrons. The lowest BCUT2D eigenvalue weighted by molar-refractivity contribution is -0.127. The number of hydrogen-bond donors (Lipinski definition) is 1. The Morgan fingerprint density at radius 1 is 1.30 bits per heavy atom. The third-order valence-electron chi connectivity index (χ3n) is 4.03. The van der Waals surface area contributed by atoms with Gasteiger partial charge in [-0.2, -0.15) is 0 Å². The number of anilines is 1. The zero-order chi connectivity index (χ0) is 17.0. The zero-order valence-corrected chi connectivity index (χ0v) is 14.2. The predicted molar refractivity (Wildman–Crippen MR) is 89.0 cm³/mol. The largest absolute Gasteiger partial charge is 0.354 e. The standard InChI is InChI=1S/C16H22N2O4S/c1-12(19)14-7-4-8-15(11-14)18(23(2,21)22)10-9-17-16(20)13-5-3-6-13/h4,7-8,11,13H,3,5-6,9-10H2,1-2H3,(H,17,20). The second-order valence-electron chi connectivity index (χ2n) is 5.86. The highest BCUT2D eigenvalue weighted by Gasteiger charge is 2.25. The van der Waals surface area contributed by atoms with Gasteiger partial charge in [-0.3, -0.25) is 13.9 Å². The fourth-order valence-corrected chi connectivity index (χ4v) is 3.38. The second-order valence-corrected chi connectivity index (χ2v) is 7.77. The van der Waals surface area contributed by atoms with Crippen LogP contribution in [-0.4, -0.2) is 39.5 Å². The van der Waals surface area contributed by atoms with Gasteiger partial charge in [0.2, 0.25) is 15.9 Å². The molecule has 0 bridgehead atoms. The van der Waals surface area contributed by atoms with Crippen LogP contribution in [0.5, 0.6) is 0 Å². The van der Waals surface area contributed by atoms with E-state index in [9.17, 15) is 18.0 Å². The molecule has 1 aromatic rings. The van der Waals surface area contributed by atoms with E-state index in [2.05, 4.69) is 5.32 Å². The highest BCUT2D eigenvalue weighted by Crippen LogP contribution is 2.26. The Hall–Kier alpha value is -1.89. The lowest BCUT2D eigenvalue weighted by Gasteiger charge is -2.26. The maximum atomic E-state index is 12.0. The normalized spacial score (nSPS) is 14.9. The van der Waals surface area contributed by atoms with Gasteiger partial charge in [0.1, 0.15) is 0 Å². The molecule has 1 aromatic carbocycles. The van der Waals surface area contributed by atoms with Gasteiger partial charge in [-0.15, -0.1) is 0 Å². The van der Waals surface area contributed by atoms with Crippen LogP contribution in [-0.2, 0) is 14.8 Å². The summed E-state index contributed by atoms with van der Waals surface area (Å²) in [6.45, 7) is 1.81. The van der Waals surface area contributed by atoms with Crippen molar-refractivity contribution >= 4 is 27.4 Å². The lowest BCUT2D eigenvalue weighted by atomic mass is 9.85. The molecule has 6 nitrogen and oxygen atoms in total. The topological polar surface area (TPSA) is 83.6 Å². The van der Waals surface area contributed by atoms with Crippen molar-refractivity contribution in [1.82, 2.24) is 5.32 Å². The summed E-state index contributed by atoms with van der Waals surface area (Å²) >= 11 is 0. The first-order chi connectivity index (χ1) is 10.8. The van der Waals surface area contributed by atoms with Gasteiger partial charge >= 0.3 is 0 Å². The van der Waals surface area contributed by atoms with Crippen molar-refractivity contribution in [3.05, 3.63) is 29.8 Å². The molecule has 1 saturated carbocycles. The van der Waals surface area contributed by atoms with Gasteiger partial charge in [0.25, 0.3) is 0 Å². The minimum Gasteiger partial charge on any atom is -0.354 e. The van der Waals surface area contributed by atoms with Crippen molar-refractivity contribution < 1.29 is 18.0 Å². The number of nitrogens with one attached hydrogen (secondary N) is 1. The summed E-state index contributed by atoms with van der Waals surface area (Å²) in [6, 6.07) is 6.49. The predicted octanol–water partition coefficient (Wildman–Crippen LogP) is 1.57. The summed E-state index contributed by atoms with van der Waals surface area (Å²) < 4.78 is 25.2. The van der Waals surface area contributed by atoms with E-state index in [1.54, 1.807) is 24.3 Å². The molecule has 23 heavy (non-hydrogen) atoms.